The molecule has 0 amide bonds. The molecule has 4 nitrogen and oxygen atoms in total. The Bertz CT molecular complexity index is 350. The van der Waals surface area contributed by atoms with Crippen molar-refractivity contribution < 1.29 is 19.1 Å². The van der Waals surface area contributed by atoms with E-state index in [-0.39, 0.29) is 18.4 Å². The Labute approximate surface area is 154 Å². The van der Waals surface area contributed by atoms with E-state index < -0.39 is 0 Å². The summed E-state index contributed by atoms with van der Waals surface area (Å²) in [6.45, 7) is 5.21. The van der Waals surface area contributed by atoms with Crippen molar-refractivity contribution in [2.75, 3.05) is 13.2 Å². The molecule has 0 bridgehead atoms. The van der Waals surface area contributed by atoms with Crippen molar-refractivity contribution in [1.82, 2.24) is 0 Å². The zero-order valence-electron chi connectivity index (χ0n) is 16.4. The second kappa shape index (κ2) is 19.0. The van der Waals surface area contributed by atoms with E-state index in [1.165, 1.54) is 38.5 Å². The number of rotatable bonds is 17. The van der Waals surface area contributed by atoms with Gasteiger partial charge in [-0.2, -0.15) is 0 Å². The van der Waals surface area contributed by atoms with Gasteiger partial charge in [0.2, 0.25) is 0 Å². The van der Waals surface area contributed by atoms with Crippen molar-refractivity contribution in [2.24, 2.45) is 0 Å². The van der Waals surface area contributed by atoms with Crippen molar-refractivity contribution in [2.45, 2.75) is 97.3 Å². The molecule has 0 aromatic rings. The Kier molecular flexibility index (Phi) is 18.0. The number of carbonyl (C=O) groups excluding carboxylic acids is 2. The molecule has 0 rings (SSSR count). The summed E-state index contributed by atoms with van der Waals surface area (Å²) in [7, 11) is 0. The Morgan fingerprint density at radius 1 is 0.680 bits per heavy atom. The Balaban J connectivity index is 3.35. The number of carbonyl (C=O) groups is 2. The SMILES string of the molecule is CC/C=C/CCOC(=O)CCCC(=O)OCCCCCCCCCC. The van der Waals surface area contributed by atoms with Crippen LogP contribution in [0.1, 0.15) is 97.3 Å². The van der Waals surface area contributed by atoms with Crippen LogP contribution in [0.15, 0.2) is 12.2 Å². The fraction of sp³-hybridized carbons (Fsp3) is 0.810. The highest BCUT2D eigenvalue weighted by molar-refractivity contribution is 5.72. The second-order valence-electron chi connectivity index (χ2n) is 6.44. The smallest absolute Gasteiger partial charge is 0.305 e. The third kappa shape index (κ3) is 18.9. The van der Waals surface area contributed by atoms with Crippen LogP contribution in [-0.2, 0) is 19.1 Å². The molecule has 0 unspecified atom stereocenters. The number of unbranched alkanes of at least 4 members (excludes halogenated alkanes) is 7. The molecule has 0 atom stereocenters. The van der Waals surface area contributed by atoms with Crippen LogP contribution in [0.4, 0.5) is 0 Å². The zero-order valence-corrected chi connectivity index (χ0v) is 16.4. The first-order valence-corrected chi connectivity index (χ1v) is 10.2. The Morgan fingerprint density at radius 3 is 1.84 bits per heavy atom. The van der Waals surface area contributed by atoms with E-state index in [2.05, 4.69) is 19.9 Å². The van der Waals surface area contributed by atoms with E-state index >= 15 is 0 Å². The molecule has 0 aliphatic rings. The standard InChI is InChI=1S/C21H38O4/c1-3-5-7-9-10-11-12-14-19-25-21(23)17-15-16-20(22)24-18-13-8-6-4-2/h6,8H,3-5,7,9-19H2,1-2H3/b8-6+. The number of esters is 2. The topological polar surface area (TPSA) is 52.6 Å². The number of hydrogen-bond acceptors (Lipinski definition) is 4. The predicted molar refractivity (Wildman–Crippen MR) is 102 cm³/mol. The van der Waals surface area contributed by atoms with Crippen molar-refractivity contribution >= 4 is 11.9 Å². The van der Waals surface area contributed by atoms with Gasteiger partial charge in [0.1, 0.15) is 0 Å². The zero-order chi connectivity index (χ0) is 18.6. The van der Waals surface area contributed by atoms with Crippen LogP contribution in [0, 0.1) is 0 Å². The molecular formula is C21H38O4. The van der Waals surface area contributed by atoms with Gasteiger partial charge in [0.25, 0.3) is 0 Å². The molecule has 0 aromatic carbocycles. The van der Waals surface area contributed by atoms with Gasteiger partial charge < -0.3 is 9.47 Å². The first kappa shape index (κ1) is 23.7. The van der Waals surface area contributed by atoms with Gasteiger partial charge in [-0.25, -0.2) is 0 Å². The highest BCUT2D eigenvalue weighted by atomic mass is 16.5. The summed E-state index contributed by atoms with van der Waals surface area (Å²) in [5, 5.41) is 0. The van der Waals surface area contributed by atoms with E-state index in [0.717, 1.165) is 25.7 Å². The van der Waals surface area contributed by atoms with Crippen LogP contribution in [0.3, 0.4) is 0 Å². The second-order valence-corrected chi connectivity index (χ2v) is 6.44. The van der Waals surface area contributed by atoms with E-state index in [9.17, 15) is 9.59 Å². The van der Waals surface area contributed by atoms with Gasteiger partial charge in [-0.15, -0.1) is 0 Å². The predicted octanol–water partition coefficient (Wildman–Crippen LogP) is 5.74. The van der Waals surface area contributed by atoms with Crippen LogP contribution < -0.4 is 0 Å². The van der Waals surface area contributed by atoms with Crippen molar-refractivity contribution in [3.8, 4) is 0 Å². The maximum atomic E-state index is 11.6. The van der Waals surface area contributed by atoms with E-state index in [1.807, 2.05) is 6.08 Å². The largest absolute Gasteiger partial charge is 0.466 e. The molecular weight excluding hydrogens is 316 g/mol. The summed E-state index contributed by atoms with van der Waals surface area (Å²) in [6.07, 6.45) is 16.7. The minimum absolute atomic E-state index is 0.207. The summed E-state index contributed by atoms with van der Waals surface area (Å²) in [5.74, 6) is -0.442. The maximum absolute atomic E-state index is 11.6. The summed E-state index contributed by atoms with van der Waals surface area (Å²) < 4.78 is 10.3. The van der Waals surface area contributed by atoms with Crippen molar-refractivity contribution in [3.05, 3.63) is 12.2 Å². The third-order valence-electron chi connectivity index (χ3n) is 3.97. The molecule has 4 heteroatoms. The molecule has 0 saturated heterocycles. The average molecular weight is 355 g/mol. The van der Waals surface area contributed by atoms with Gasteiger partial charge >= 0.3 is 11.9 Å². The maximum Gasteiger partial charge on any atom is 0.305 e. The van der Waals surface area contributed by atoms with Gasteiger partial charge in [0, 0.05) is 12.8 Å². The lowest BCUT2D eigenvalue weighted by Gasteiger charge is -2.05. The minimum Gasteiger partial charge on any atom is -0.466 e. The highest BCUT2D eigenvalue weighted by Crippen LogP contribution is 2.08. The lowest BCUT2D eigenvalue weighted by molar-refractivity contribution is -0.145. The third-order valence-corrected chi connectivity index (χ3v) is 3.97. The summed E-state index contributed by atoms with van der Waals surface area (Å²) in [6, 6.07) is 0. The van der Waals surface area contributed by atoms with Gasteiger partial charge in [-0.3, -0.25) is 9.59 Å². The fourth-order valence-electron chi connectivity index (χ4n) is 2.47. The van der Waals surface area contributed by atoms with Crippen LogP contribution in [0.5, 0.6) is 0 Å². The molecule has 0 aromatic heterocycles. The van der Waals surface area contributed by atoms with Crippen LogP contribution in [0.2, 0.25) is 0 Å². The molecule has 0 aliphatic carbocycles. The summed E-state index contributed by atoms with van der Waals surface area (Å²) in [5.41, 5.74) is 0. The number of hydrogen-bond donors (Lipinski definition) is 0. The van der Waals surface area contributed by atoms with E-state index in [0.29, 0.717) is 26.1 Å². The van der Waals surface area contributed by atoms with Crippen molar-refractivity contribution in [1.29, 1.82) is 0 Å². The van der Waals surface area contributed by atoms with Gasteiger partial charge in [-0.05, 0) is 25.7 Å². The molecule has 0 aliphatic heterocycles. The lowest BCUT2D eigenvalue weighted by atomic mass is 10.1. The molecule has 0 spiro atoms. The summed E-state index contributed by atoms with van der Waals surface area (Å²) in [4.78, 5) is 23.1. The molecule has 0 radical (unpaired) electrons. The Hall–Kier alpha value is -1.32. The van der Waals surface area contributed by atoms with Gasteiger partial charge in [0.15, 0.2) is 0 Å². The average Bonchev–Trinajstić information content (AvgIpc) is 2.60. The first-order valence-electron chi connectivity index (χ1n) is 10.2. The van der Waals surface area contributed by atoms with Crippen LogP contribution in [0.25, 0.3) is 0 Å². The van der Waals surface area contributed by atoms with Crippen LogP contribution in [-0.4, -0.2) is 25.2 Å². The number of ether oxygens (including phenoxy) is 2. The van der Waals surface area contributed by atoms with Crippen molar-refractivity contribution in [3.63, 3.8) is 0 Å². The van der Waals surface area contributed by atoms with Gasteiger partial charge in [0.05, 0.1) is 13.2 Å². The molecule has 0 N–H and O–H groups in total. The van der Waals surface area contributed by atoms with Crippen LogP contribution >= 0.6 is 0 Å². The molecule has 25 heavy (non-hydrogen) atoms. The normalized spacial score (nSPS) is 11.0. The molecule has 0 saturated carbocycles. The Morgan fingerprint density at radius 2 is 1.24 bits per heavy atom. The quantitative estimate of drug-likeness (QED) is 0.190. The highest BCUT2D eigenvalue weighted by Gasteiger charge is 2.07. The number of allylic oxidation sites excluding steroid dienone is 1. The minimum atomic E-state index is -0.235. The van der Waals surface area contributed by atoms with E-state index in [1.54, 1.807) is 0 Å². The fourth-order valence-corrected chi connectivity index (χ4v) is 2.47. The molecule has 146 valence electrons. The lowest BCUT2D eigenvalue weighted by Crippen LogP contribution is -2.09. The first-order chi connectivity index (χ1) is 12.2. The molecule has 0 heterocycles. The monoisotopic (exact) mass is 354 g/mol. The van der Waals surface area contributed by atoms with Gasteiger partial charge in [-0.1, -0.05) is 70.9 Å². The summed E-state index contributed by atoms with van der Waals surface area (Å²) >= 11 is 0. The van der Waals surface area contributed by atoms with E-state index in [4.69, 9.17) is 9.47 Å². The molecule has 0 fully saturated rings.